The molecule has 3 nitrogen and oxygen atoms in total. The molecule has 3 heteroatoms. The van der Waals surface area contributed by atoms with Crippen LogP contribution in [-0.4, -0.2) is 14.9 Å². The van der Waals surface area contributed by atoms with Crippen molar-refractivity contribution in [2.75, 3.05) is 0 Å². The van der Waals surface area contributed by atoms with E-state index in [1.165, 1.54) is 5.56 Å². The van der Waals surface area contributed by atoms with E-state index in [9.17, 15) is 5.11 Å². The Morgan fingerprint density at radius 3 is 2.35 bits per heavy atom. The summed E-state index contributed by atoms with van der Waals surface area (Å²) in [6.45, 7) is 8.44. The quantitative estimate of drug-likeness (QED) is 0.931. The summed E-state index contributed by atoms with van der Waals surface area (Å²) in [7, 11) is 1.90. The second-order valence-electron chi connectivity index (χ2n) is 6.56. The first kappa shape index (κ1) is 14.8. The SMILES string of the molecule is Cc1ccc(CC(O)c2cn(C)nc2C(C)(C)C)cc1. The molecule has 1 aromatic carbocycles. The molecule has 0 fully saturated rings. The summed E-state index contributed by atoms with van der Waals surface area (Å²) < 4.78 is 1.79. The van der Waals surface area contributed by atoms with Gasteiger partial charge in [-0.25, -0.2) is 0 Å². The largest absolute Gasteiger partial charge is 0.388 e. The fourth-order valence-corrected chi connectivity index (χ4v) is 2.39. The van der Waals surface area contributed by atoms with Crippen molar-refractivity contribution >= 4 is 0 Å². The second-order valence-corrected chi connectivity index (χ2v) is 6.56. The van der Waals surface area contributed by atoms with Gasteiger partial charge in [-0.2, -0.15) is 5.10 Å². The molecule has 0 amide bonds. The number of aryl methyl sites for hydroxylation is 2. The van der Waals surface area contributed by atoms with Crippen molar-refractivity contribution in [1.29, 1.82) is 0 Å². The zero-order valence-corrected chi connectivity index (χ0v) is 13.0. The molecule has 0 aliphatic carbocycles. The van der Waals surface area contributed by atoms with Crippen LogP contribution >= 0.6 is 0 Å². The van der Waals surface area contributed by atoms with Gasteiger partial charge in [0.25, 0.3) is 0 Å². The van der Waals surface area contributed by atoms with Crippen molar-refractivity contribution in [1.82, 2.24) is 9.78 Å². The van der Waals surface area contributed by atoms with Gasteiger partial charge in [0, 0.05) is 30.6 Å². The number of nitrogens with zero attached hydrogens (tertiary/aromatic N) is 2. The van der Waals surface area contributed by atoms with E-state index in [1.807, 2.05) is 13.2 Å². The molecule has 0 saturated heterocycles. The van der Waals surface area contributed by atoms with Crippen LogP contribution in [0.3, 0.4) is 0 Å². The van der Waals surface area contributed by atoms with Crippen LogP contribution in [0.15, 0.2) is 30.5 Å². The van der Waals surface area contributed by atoms with E-state index in [-0.39, 0.29) is 5.41 Å². The van der Waals surface area contributed by atoms with E-state index in [4.69, 9.17) is 0 Å². The smallest absolute Gasteiger partial charge is 0.0863 e. The summed E-state index contributed by atoms with van der Waals surface area (Å²) in [6.07, 6.45) is 2.04. The number of aliphatic hydroxyl groups excluding tert-OH is 1. The molecule has 1 heterocycles. The lowest BCUT2D eigenvalue weighted by Gasteiger charge is -2.20. The lowest BCUT2D eigenvalue weighted by molar-refractivity contribution is 0.176. The summed E-state index contributed by atoms with van der Waals surface area (Å²) in [4.78, 5) is 0. The Morgan fingerprint density at radius 2 is 1.80 bits per heavy atom. The average molecular weight is 272 g/mol. The minimum Gasteiger partial charge on any atom is -0.388 e. The molecule has 0 radical (unpaired) electrons. The fraction of sp³-hybridized carbons (Fsp3) is 0.471. The minimum absolute atomic E-state index is 0.0646. The summed E-state index contributed by atoms with van der Waals surface area (Å²) in [5.41, 5.74) is 4.22. The van der Waals surface area contributed by atoms with E-state index in [1.54, 1.807) is 4.68 Å². The molecule has 0 saturated carbocycles. The van der Waals surface area contributed by atoms with Crippen LogP contribution in [0, 0.1) is 6.92 Å². The molecule has 0 aliphatic rings. The van der Waals surface area contributed by atoms with E-state index in [2.05, 4.69) is 57.1 Å². The lowest BCUT2D eigenvalue weighted by atomic mass is 9.87. The highest BCUT2D eigenvalue weighted by molar-refractivity contribution is 5.29. The van der Waals surface area contributed by atoms with Crippen molar-refractivity contribution in [3.63, 3.8) is 0 Å². The van der Waals surface area contributed by atoms with Crippen LogP contribution in [0.2, 0.25) is 0 Å². The van der Waals surface area contributed by atoms with Crippen molar-refractivity contribution in [2.24, 2.45) is 7.05 Å². The summed E-state index contributed by atoms with van der Waals surface area (Å²) >= 11 is 0. The molecule has 1 N–H and O–H groups in total. The molecule has 1 unspecified atom stereocenters. The van der Waals surface area contributed by atoms with Crippen LogP contribution in [0.5, 0.6) is 0 Å². The van der Waals surface area contributed by atoms with E-state index < -0.39 is 6.10 Å². The van der Waals surface area contributed by atoms with Gasteiger partial charge in [0.2, 0.25) is 0 Å². The zero-order chi connectivity index (χ0) is 14.9. The number of aromatic nitrogens is 2. The zero-order valence-electron chi connectivity index (χ0n) is 13.0. The van der Waals surface area contributed by atoms with Gasteiger partial charge in [0.1, 0.15) is 0 Å². The number of rotatable bonds is 3. The third kappa shape index (κ3) is 3.28. The molecular weight excluding hydrogens is 248 g/mol. The second kappa shape index (κ2) is 5.41. The van der Waals surface area contributed by atoms with E-state index in [0.717, 1.165) is 16.8 Å². The van der Waals surface area contributed by atoms with Crippen molar-refractivity contribution < 1.29 is 5.11 Å². The Morgan fingerprint density at radius 1 is 1.20 bits per heavy atom. The highest BCUT2D eigenvalue weighted by atomic mass is 16.3. The Kier molecular flexibility index (Phi) is 4.00. The summed E-state index contributed by atoms with van der Waals surface area (Å²) in [5.74, 6) is 0. The normalized spacial score (nSPS) is 13.5. The predicted molar refractivity (Wildman–Crippen MR) is 81.8 cm³/mol. The Hall–Kier alpha value is -1.61. The highest BCUT2D eigenvalue weighted by Crippen LogP contribution is 2.29. The van der Waals surface area contributed by atoms with Crippen molar-refractivity contribution in [3.05, 3.63) is 52.8 Å². The molecule has 0 spiro atoms. The van der Waals surface area contributed by atoms with Gasteiger partial charge in [0.05, 0.1) is 11.8 Å². The van der Waals surface area contributed by atoms with Crippen molar-refractivity contribution in [2.45, 2.75) is 45.6 Å². The first-order valence-electron chi connectivity index (χ1n) is 7.05. The molecule has 0 aliphatic heterocycles. The number of hydrogen-bond donors (Lipinski definition) is 1. The van der Waals surface area contributed by atoms with Gasteiger partial charge in [-0.3, -0.25) is 4.68 Å². The Balaban J connectivity index is 2.25. The van der Waals surface area contributed by atoms with Crippen LogP contribution in [0.25, 0.3) is 0 Å². The number of benzene rings is 1. The van der Waals surface area contributed by atoms with Gasteiger partial charge in [0.15, 0.2) is 0 Å². The fourth-order valence-electron chi connectivity index (χ4n) is 2.39. The highest BCUT2D eigenvalue weighted by Gasteiger charge is 2.25. The van der Waals surface area contributed by atoms with E-state index >= 15 is 0 Å². The molecule has 1 aromatic heterocycles. The van der Waals surface area contributed by atoms with Crippen LogP contribution in [0.4, 0.5) is 0 Å². The van der Waals surface area contributed by atoms with Gasteiger partial charge < -0.3 is 5.11 Å². The maximum absolute atomic E-state index is 10.5. The third-order valence-corrected chi connectivity index (χ3v) is 3.48. The average Bonchev–Trinajstić information content (AvgIpc) is 2.74. The maximum Gasteiger partial charge on any atom is 0.0863 e. The molecule has 2 aromatic rings. The maximum atomic E-state index is 10.5. The topological polar surface area (TPSA) is 38.0 Å². The summed E-state index contributed by atoms with van der Waals surface area (Å²) in [6, 6.07) is 8.31. The van der Waals surface area contributed by atoms with Crippen molar-refractivity contribution in [3.8, 4) is 0 Å². The predicted octanol–water partition coefficient (Wildman–Crippen LogP) is 3.30. The van der Waals surface area contributed by atoms with Gasteiger partial charge in [-0.1, -0.05) is 50.6 Å². The molecule has 108 valence electrons. The summed E-state index contributed by atoms with van der Waals surface area (Å²) in [5, 5.41) is 15.1. The number of aliphatic hydroxyl groups is 1. The molecule has 1 atom stereocenters. The lowest BCUT2D eigenvalue weighted by Crippen LogP contribution is -2.17. The van der Waals surface area contributed by atoms with E-state index in [0.29, 0.717) is 6.42 Å². The van der Waals surface area contributed by atoms with Crippen LogP contribution in [0.1, 0.15) is 49.3 Å². The minimum atomic E-state index is -0.513. The van der Waals surface area contributed by atoms with Gasteiger partial charge in [-0.05, 0) is 12.5 Å². The van der Waals surface area contributed by atoms with Crippen LogP contribution in [-0.2, 0) is 18.9 Å². The Labute approximate surface area is 121 Å². The van der Waals surface area contributed by atoms with Gasteiger partial charge in [-0.15, -0.1) is 0 Å². The molecular formula is C17H24N2O. The van der Waals surface area contributed by atoms with Gasteiger partial charge >= 0.3 is 0 Å². The van der Waals surface area contributed by atoms with Crippen LogP contribution < -0.4 is 0 Å². The Bertz CT molecular complexity index is 576. The molecule has 20 heavy (non-hydrogen) atoms. The monoisotopic (exact) mass is 272 g/mol. The molecule has 0 bridgehead atoms. The standard InChI is InChI=1S/C17H24N2O/c1-12-6-8-13(9-7-12)10-15(20)14-11-19(5)18-16(14)17(2,3)4/h6-9,11,15,20H,10H2,1-5H3. The first-order valence-corrected chi connectivity index (χ1v) is 7.05. The molecule has 2 rings (SSSR count). The third-order valence-electron chi connectivity index (χ3n) is 3.48. The number of hydrogen-bond acceptors (Lipinski definition) is 2. The first-order chi connectivity index (χ1) is 9.27.